The van der Waals surface area contributed by atoms with Gasteiger partial charge in [0.05, 0.1) is 11.4 Å². The molecule has 3 nitrogen and oxygen atoms in total. The fourth-order valence-electron chi connectivity index (χ4n) is 1.53. The summed E-state index contributed by atoms with van der Waals surface area (Å²) >= 11 is 0. The first-order valence-electron chi connectivity index (χ1n) is 5.20. The Balaban J connectivity index is 2.22. The molecule has 2 rings (SSSR count). The first-order chi connectivity index (χ1) is 7.79. The Kier molecular flexibility index (Phi) is 3.08. The zero-order chi connectivity index (χ0) is 11.4. The maximum Gasteiger partial charge on any atom is 0.0618 e. The van der Waals surface area contributed by atoms with Crippen molar-refractivity contribution in [1.29, 1.82) is 0 Å². The van der Waals surface area contributed by atoms with Gasteiger partial charge in [-0.1, -0.05) is 24.3 Å². The molecular weight excluding hydrogens is 198 g/mol. The number of benzene rings is 2. The molecule has 0 heterocycles. The van der Waals surface area contributed by atoms with Crippen LogP contribution < -0.4 is 16.8 Å². The predicted molar refractivity (Wildman–Crippen MR) is 68.5 cm³/mol. The molecule has 0 saturated carbocycles. The van der Waals surface area contributed by atoms with Gasteiger partial charge >= 0.3 is 0 Å². The number of nitrogens with one attached hydrogen (secondary N) is 1. The summed E-state index contributed by atoms with van der Waals surface area (Å²) in [5.41, 5.74) is 15.2. The Morgan fingerprint density at radius 3 is 2.38 bits per heavy atom. The van der Waals surface area contributed by atoms with Crippen molar-refractivity contribution < 1.29 is 0 Å². The van der Waals surface area contributed by atoms with Crippen molar-refractivity contribution in [3.8, 4) is 0 Å². The van der Waals surface area contributed by atoms with Crippen molar-refractivity contribution in [2.24, 2.45) is 5.73 Å². The maximum absolute atomic E-state index is 5.93. The van der Waals surface area contributed by atoms with Crippen LogP contribution in [0.25, 0.3) is 0 Å². The first-order valence-corrected chi connectivity index (χ1v) is 5.20. The van der Waals surface area contributed by atoms with Gasteiger partial charge in [0, 0.05) is 12.2 Å². The van der Waals surface area contributed by atoms with E-state index in [4.69, 9.17) is 11.5 Å². The Morgan fingerprint density at radius 1 is 1.00 bits per heavy atom. The van der Waals surface area contributed by atoms with Gasteiger partial charge in [-0.25, -0.2) is 0 Å². The Labute approximate surface area is 95.1 Å². The van der Waals surface area contributed by atoms with Gasteiger partial charge in [-0.05, 0) is 29.8 Å². The second-order valence-electron chi connectivity index (χ2n) is 3.62. The van der Waals surface area contributed by atoms with Gasteiger partial charge < -0.3 is 16.8 Å². The molecule has 0 aliphatic rings. The molecule has 2 aromatic carbocycles. The van der Waals surface area contributed by atoms with Crippen molar-refractivity contribution in [2.75, 3.05) is 11.1 Å². The van der Waals surface area contributed by atoms with Crippen molar-refractivity contribution in [1.82, 2.24) is 0 Å². The molecule has 2 aromatic rings. The van der Waals surface area contributed by atoms with E-state index in [1.807, 2.05) is 48.5 Å². The molecule has 0 amide bonds. The zero-order valence-electron chi connectivity index (χ0n) is 8.98. The van der Waals surface area contributed by atoms with E-state index >= 15 is 0 Å². The molecule has 0 aliphatic carbocycles. The third-order valence-electron chi connectivity index (χ3n) is 2.40. The molecule has 82 valence electrons. The van der Waals surface area contributed by atoms with Crippen molar-refractivity contribution >= 4 is 17.1 Å². The number of anilines is 3. The lowest BCUT2D eigenvalue weighted by atomic mass is 10.1. The standard InChI is InChI=1S/C13H15N3/c14-9-10-6-7-13(12(15)8-10)16-11-4-2-1-3-5-11/h1-8,16H,9,14-15H2. The minimum Gasteiger partial charge on any atom is -0.397 e. The highest BCUT2D eigenvalue weighted by Crippen LogP contribution is 2.23. The van der Waals surface area contributed by atoms with Crippen LogP contribution in [0.5, 0.6) is 0 Å². The number of hydrogen-bond donors (Lipinski definition) is 3. The van der Waals surface area contributed by atoms with E-state index in [9.17, 15) is 0 Å². The molecule has 0 saturated heterocycles. The van der Waals surface area contributed by atoms with Crippen LogP contribution in [0.2, 0.25) is 0 Å². The van der Waals surface area contributed by atoms with Gasteiger partial charge in [0.15, 0.2) is 0 Å². The van der Waals surface area contributed by atoms with Gasteiger partial charge in [-0.2, -0.15) is 0 Å². The average Bonchev–Trinajstić information content (AvgIpc) is 2.33. The van der Waals surface area contributed by atoms with E-state index in [1.165, 1.54) is 0 Å². The number of nitrogen functional groups attached to an aromatic ring is 1. The summed E-state index contributed by atoms with van der Waals surface area (Å²) in [6.07, 6.45) is 0. The van der Waals surface area contributed by atoms with Gasteiger partial charge in [0.1, 0.15) is 0 Å². The molecule has 0 fully saturated rings. The molecule has 0 atom stereocenters. The van der Waals surface area contributed by atoms with Gasteiger partial charge in [0.2, 0.25) is 0 Å². The summed E-state index contributed by atoms with van der Waals surface area (Å²) in [6.45, 7) is 0.510. The molecule has 0 aromatic heterocycles. The molecule has 5 N–H and O–H groups in total. The van der Waals surface area contributed by atoms with E-state index in [0.29, 0.717) is 12.2 Å². The molecule has 0 spiro atoms. The van der Waals surface area contributed by atoms with Crippen LogP contribution in [0.1, 0.15) is 5.56 Å². The van der Waals surface area contributed by atoms with Gasteiger partial charge in [-0.3, -0.25) is 0 Å². The minimum atomic E-state index is 0.510. The van der Waals surface area contributed by atoms with Crippen LogP contribution in [0.15, 0.2) is 48.5 Å². The minimum absolute atomic E-state index is 0.510. The quantitative estimate of drug-likeness (QED) is 0.686. The molecule has 0 aliphatic heterocycles. The molecule has 3 heteroatoms. The van der Waals surface area contributed by atoms with Crippen LogP contribution in [0.4, 0.5) is 17.1 Å². The smallest absolute Gasteiger partial charge is 0.0618 e. The zero-order valence-corrected chi connectivity index (χ0v) is 8.98. The molecular formula is C13H15N3. The van der Waals surface area contributed by atoms with E-state index < -0.39 is 0 Å². The third kappa shape index (κ3) is 2.32. The topological polar surface area (TPSA) is 64.1 Å². The van der Waals surface area contributed by atoms with Crippen LogP contribution in [0.3, 0.4) is 0 Å². The monoisotopic (exact) mass is 213 g/mol. The Bertz CT molecular complexity index is 466. The van der Waals surface area contributed by atoms with Crippen molar-refractivity contribution in [3.63, 3.8) is 0 Å². The molecule has 0 radical (unpaired) electrons. The van der Waals surface area contributed by atoms with Gasteiger partial charge in [0.25, 0.3) is 0 Å². The number of nitrogens with two attached hydrogens (primary N) is 2. The normalized spacial score (nSPS) is 10.1. The largest absolute Gasteiger partial charge is 0.397 e. The SMILES string of the molecule is NCc1ccc(Nc2ccccc2)c(N)c1. The van der Waals surface area contributed by atoms with E-state index in [-0.39, 0.29) is 0 Å². The lowest BCUT2D eigenvalue weighted by Gasteiger charge is -2.10. The highest BCUT2D eigenvalue weighted by Gasteiger charge is 2.00. The highest BCUT2D eigenvalue weighted by molar-refractivity contribution is 5.73. The second kappa shape index (κ2) is 4.68. The van der Waals surface area contributed by atoms with E-state index in [1.54, 1.807) is 0 Å². The first kappa shape index (κ1) is 10.5. The molecule has 0 bridgehead atoms. The van der Waals surface area contributed by atoms with E-state index in [0.717, 1.165) is 16.9 Å². The number of hydrogen-bond acceptors (Lipinski definition) is 3. The highest BCUT2D eigenvalue weighted by atomic mass is 14.9. The van der Waals surface area contributed by atoms with Crippen molar-refractivity contribution in [2.45, 2.75) is 6.54 Å². The summed E-state index contributed by atoms with van der Waals surface area (Å²) in [4.78, 5) is 0. The third-order valence-corrected chi connectivity index (χ3v) is 2.40. The fraction of sp³-hybridized carbons (Fsp3) is 0.0769. The lowest BCUT2D eigenvalue weighted by molar-refractivity contribution is 1.07. The number of para-hydroxylation sites is 1. The summed E-state index contributed by atoms with van der Waals surface area (Å²) in [5, 5.41) is 3.26. The fourth-order valence-corrected chi connectivity index (χ4v) is 1.53. The predicted octanol–water partition coefficient (Wildman–Crippen LogP) is 2.47. The summed E-state index contributed by atoms with van der Waals surface area (Å²) in [6, 6.07) is 15.7. The summed E-state index contributed by atoms with van der Waals surface area (Å²) in [5.74, 6) is 0. The van der Waals surface area contributed by atoms with E-state index in [2.05, 4.69) is 5.32 Å². The summed E-state index contributed by atoms with van der Waals surface area (Å²) in [7, 11) is 0. The lowest BCUT2D eigenvalue weighted by Crippen LogP contribution is -2.00. The maximum atomic E-state index is 5.93. The van der Waals surface area contributed by atoms with Crippen LogP contribution in [-0.4, -0.2) is 0 Å². The van der Waals surface area contributed by atoms with Crippen LogP contribution in [0, 0.1) is 0 Å². The van der Waals surface area contributed by atoms with Crippen LogP contribution >= 0.6 is 0 Å². The second-order valence-corrected chi connectivity index (χ2v) is 3.62. The van der Waals surface area contributed by atoms with Crippen LogP contribution in [-0.2, 0) is 6.54 Å². The van der Waals surface area contributed by atoms with Crippen molar-refractivity contribution in [3.05, 3.63) is 54.1 Å². The number of rotatable bonds is 3. The Hall–Kier alpha value is -2.00. The molecule has 0 unspecified atom stereocenters. The van der Waals surface area contributed by atoms with Gasteiger partial charge in [-0.15, -0.1) is 0 Å². The summed E-state index contributed by atoms with van der Waals surface area (Å²) < 4.78 is 0. The Morgan fingerprint density at radius 2 is 1.75 bits per heavy atom. The average molecular weight is 213 g/mol. The molecule has 16 heavy (non-hydrogen) atoms.